The highest BCUT2D eigenvalue weighted by molar-refractivity contribution is 7.99. The summed E-state index contributed by atoms with van der Waals surface area (Å²) in [5.41, 5.74) is 0.534. The topological polar surface area (TPSA) is 0 Å². The normalized spacial score (nSPS) is 12.4. The molecule has 92 valence electrons. The van der Waals surface area contributed by atoms with Gasteiger partial charge in [0.2, 0.25) is 0 Å². The van der Waals surface area contributed by atoms with E-state index in [0.29, 0.717) is 5.41 Å². The first-order chi connectivity index (χ1) is 6.92. The molecule has 0 nitrogen and oxygen atoms in total. The maximum Gasteiger partial charge on any atom is -0.00444 e. The van der Waals surface area contributed by atoms with Gasteiger partial charge in [0, 0.05) is 0 Å². The van der Waals surface area contributed by atoms with Gasteiger partial charge in [0.05, 0.1) is 0 Å². The van der Waals surface area contributed by atoms with E-state index in [-0.39, 0.29) is 0 Å². The van der Waals surface area contributed by atoms with E-state index in [0.717, 1.165) is 5.92 Å². The van der Waals surface area contributed by atoms with Gasteiger partial charge in [-0.05, 0) is 35.7 Å². The van der Waals surface area contributed by atoms with Crippen LogP contribution in [-0.4, -0.2) is 11.5 Å². The summed E-state index contributed by atoms with van der Waals surface area (Å²) in [7, 11) is 0. The third-order valence-electron chi connectivity index (χ3n) is 2.42. The molecule has 0 fully saturated rings. The zero-order chi connectivity index (χ0) is 11.7. The molecule has 0 amide bonds. The van der Waals surface area contributed by atoms with Crippen molar-refractivity contribution in [1.82, 2.24) is 0 Å². The lowest BCUT2D eigenvalue weighted by atomic mass is 9.89. The average Bonchev–Trinajstić information content (AvgIpc) is 2.07. The molecular formula is C14H30S. The van der Waals surface area contributed by atoms with Crippen LogP contribution in [0.3, 0.4) is 0 Å². The van der Waals surface area contributed by atoms with Crippen LogP contribution in [0.4, 0.5) is 0 Å². The summed E-state index contributed by atoms with van der Waals surface area (Å²) in [5, 5.41) is 0. The van der Waals surface area contributed by atoms with E-state index in [1.54, 1.807) is 0 Å². The fourth-order valence-electron chi connectivity index (χ4n) is 1.53. The molecule has 0 aromatic carbocycles. The number of rotatable bonds is 8. The lowest BCUT2D eigenvalue weighted by Gasteiger charge is -2.17. The molecule has 0 N–H and O–H groups in total. The van der Waals surface area contributed by atoms with Crippen molar-refractivity contribution >= 4 is 11.8 Å². The SMILES string of the molecule is CC(C)CSCCCCCCC(C)(C)C. The van der Waals surface area contributed by atoms with Gasteiger partial charge in [0.25, 0.3) is 0 Å². The van der Waals surface area contributed by atoms with Gasteiger partial charge in [-0.25, -0.2) is 0 Å². The van der Waals surface area contributed by atoms with Gasteiger partial charge in [-0.2, -0.15) is 11.8 Å². The zero-order valence-corrected chi connectivity index (χ0v) is 12.3. The molecule has 0 rings (SSSR count). The number of hydrogen-bond donors (Lipinski definition) is 0. The fraction of sp³-hybridized carbons (Fsp3) is 1.00. The minimum Gasteiger partial charge on any atom is -0.162 e. The maximum atomic E-state index is 2.34. The molecule has 0 aliphatic heterocycles. The van der Waals surface area contributed by atoms with Gasteiger partial charge in [0.15, 0.2) is 0 Å². The lowest BCUT2D eigenvalue weighted by Crippen LogP contribution is -2.03. The molecule has 0 bridgehead atoms. The molecule has 1 heteroatoms. The van der Waals surface area contributed by atoms with E-state index in [2.05, 4.69) is 46.4 Å². The molecular weight excluding hydrogens is 200 g/mol. The molecule has 0 saturated carbocycles. The van der Waals surface area contributed by atoms with Crippen molar-refractivity contribution in [2.45, 2.75) is 66.7 Å². The maximum absolute atomic E-state index is 2.34. The fourth-order valence-corrected chi connectivity index (χ4v) is 2.58. The average molecular weight is 230 g/mol. The van der Waals surface area contributed by atoms with Crippen molar-refractivity contribution in [3.05, 3.63) is 0 Å². The molecule has 0 aromatic heterocycles. The second-order valence-electron chi connectivity index (χ2n) is 6.19. The van der Waals surface area contributed by atoms with E-state index in [1.807, 2.05) is 0 Å². The number of unbranched alkanes of at least 4 members (excludes halogenated alkanes) is 3. The zero-order valence-electron chi connectivity index (χ0n) is 11.4. The summed E-state index contributed by atoms with van der Waals surface area (Å²) >= 11 is 2.12. The summed E-state index contributed by atoms with van der Waals surface area (Å²) in [6.45, 7) is 11.6. The third-order valence-corrected chi connectivity index (χ3v) is 3.90. The Morgan fingerprint density at radius 3 is 2.07 bits per heavy atom. The minimum atomic E-state index is 0.534. The minimum absolute atomic E-state index is 0.534. The van der Waals surface area contributed by atoms with Gasteiger partial charge >= 0.3 is 0 Å². The first-order valence-corrected chi connectivity index (χ1v) is 7.65. The molecule has 0 aliphatic carbocycles. The van der Waals surface area contributed by atoms with Crippen LogP contribution in [0.1, 0.15) is 66.7 Å². The van der Waals surface area contributed by atoms with Crippen LogP contribution < -0.4 is 0 Å². The Morgan fingerprint density at radius 1 is 0.933 bits per heavy atom. The second-order valence-corrected chi connectivity index (χ2v) is 7.34. The van der Waals surface area contributed by atoms with Crippen LogP contribution >= 0.6 is 11.8 Å². The summed E-state index contributed by atoms with van der Waals surface area (Å²) in [6.07, 6.45) is 7.08. The lowest BCUT2D eigenvalue weighted by molar-refractivity contribution is 0.358. The second kappa shape index (κ2) is 8.50. The van der Waals surface area contributed by atoms with Gasteiger partial charge < -0.3 is 0 Å². The van der Waals surface area contributed by atoms with Crippen molar-refractivity contribution in [3.63, 3.8) is 0 Å². The smallest absolute Gasteiger partial charge is 0.00444 e. The summed E-state index contributed by atoms with van der Waals surface area (Å²) in [4.78, 5) is 0. The van der Waals surface area contributed by atoms with Crippen LogP contribution in [-0.2, 0) is 0 Å². The largest absolute Gasteiger partial charge is 0.162 e. The molecule has 0 saturated heterocycles. The van der Waals surface area contributed by atoms with Crippen LogP contribution in [0.15, 0.2) is 0 Å². The first kappa shape index (κ1) is 15.3. The quantitative estimate of drug-likeness (QED) is 0.505. The summed E-state index contributed by atoms with van der Waals surface area (Å²) < 4.78 is 0. The van der Waals surface area contributed by atoms with E-state index in [1.165, 1.54) is 43.6 Å². The third kappa shape index (κ3) is 14.4. The summed E-state index contributed by atoms with van der Waals surface area (Å²) in [6, 6.07) is 0. The van der Waals surface area contributed by atoms with Crippen LogP contribution in [0.5, 0.6) is 0 Å². The van der Waals surface area contributed by atoms with Gasteiger partial charge in [-0.3, -0.25) is 0 Å². The van der Waals surface area contributed by atoms with E-state index >= 15 is 0 Å². The Labute approximate surface area is 102 Å². The van der Waals surface area contributed by atoms with Crippen molar-refractivity contribution in [2.24, 2.45) is 11.3 Å². The Bertz CT molecular complexity index is 133. The van der Waals surface area contributed by atoms with Crippen molar-refractivity contribution in [2.75, 3.05) is 11.5 Å². The molecule has 0 heterocycles. The molecule has 0 atom stereocenters. The Morgan fingerprint density at radius 2 is 1.53 bits per heavy atom. The number of thioether (sulfide) groups is 1. The Kier molecular flexibility index (Phi) is 8.69. The highest BCUT2D eigenvalue weighted by Crippen LogP contribution is 2.22. The van der Waals surface area contributed by atoms with Crippen molar-refractivity contribution in [3.8, 4) is 0 Å². The predicted molar refractivity (Wildman–Crippen MR) is 74.7 cm³/mol. The molecule has 0 aromatic rings. The van der Waals surface area contributed by atoms with E-state index < -0.39 is 0 Å². The van der Waals surface area contributed by atoms with Gasteiger partial charge in [0.1, 0.15) is 0 Å². The van der Waals surface area contributed by atoms with Crippen molar-refractivity contribution < 1.29 is 0 Å². The Hall–Kier alpha value is 0.350. The van der Waals surface area contributed by atoms with E-state index in [4.69, 9.17) is 0 Å². The molecule has 0 spiro atoms. The van der Waals surface area contributed by atoms with E-state index in [9.17, 15) is 0 Å². The highest BCUT2D eigenvalue weighted by Gasteiger charge is 2.08. The highest BCUT2D eigenvalue weighted by atomic mass is 32.2. The molecule has 0 radical (unpaired) electrons. The summed E-state index contributed by atoms with van der Waals surface area (Å²) in [5.74, 6) is 3.56. The van der Waals surface area contributed by atoms with Crippen LogP contribution in [0, 0.1) is 11.3 Å². The molecule has 0 unspecified atom stereocenters. The van der Waals surface area contributed by atoms with Crippen molar-refractivity contribution in [1.29, 1.82) is 0 Å². The monoisotopic (exact) mass is 230 g/mol. The predicted octanol–water partition coefficient (Wildman–Crippen LogP) is 5.37. The van der Waals surface area contributed by atoms with Gasteiger partial charge in [-0.15, -0.1) is 0 Å². The Balaban J connectivity index is 3.06. The van der Waals surface area contributed by atoms with Gasteiger partial charge in [-0.1, -0.05) is 53.9 Å². The van der Waals surface area contributed by atoms with Crippen LogP contribution in [0.2, 0.25) is 0 Å². The first-order valence-electron chi connectivity index (χ1n) is 6.49. The standard InChI is InChI=1S/C14H30S/c1-13(2)12-15-11-9-7-6-8-10-14(3,4)5/h13H,6-12H2,1-5H3. The number of hydrogen-bond acceptors (Lipinski definition) is 1. The molecule has 0 aliphatic rings. The van der Waals surface area contributed by atoms with Crippen LogP contribution in [0.25, 0.3) is 0 Å². The molecule has 15 heavy (non-hydrogen) atoms.